The molecule has 2 aromatic carbocycles. The molecule has 0 spiro atoms. The van der Waals surface area contributed by atoms with E-state index in [-0.39, 0.29) is 17.7 Å². The fourth-order valence-electron chi connectivity index (χ4n) is 3.12. The van der Waals surface area contributed by atoms with E-state index in [2.05, 4.69) is 17.9 Å². The standard InChI is InChI=1S/C18H20N2O2/c1-13-11-19(12-15-7-9-16(22)10-8-15)17-5-3-4-6-18(17)20(13)14(2)21/h3-10,13,22H,11-12H2,1-2H3/t13-/m0/s1. The molecule has 0 saturated carbocycles. The van der Waals surface area contributed by atoms with Crippen molar-refractivity contribution in [1.82, 2.24) is 0 Å². The first-order valence-corrected chi connectivity index (χ1v) is 7.48. The number of carbonyl (C=O) groups is 1. The maximum absolute atomic E-state index is 12.0. The van der Waals surface area contributed by atoms with Gasteiger partial charge in [-0.05, 0) is 36.8 Å². The molecule has 0 bridgehead atoms. The molecule has 3 rings (SSSR count). The van der Waals surface area contributed by atoms with Crippen LogP contribution in [0.3, 0.4) is 0 Å². The number of phenolic OH excluding ortho intramolecular Hbond substituents is 1. The molecule has 0 saturated heterocycles. The van der Waals surface area contributed by atoms with Gasteiger partial charge in [0, 0.05) is 20.0 Å². The predicted molar refractivity (Wildman–Crippen MR) is 88.2 cm³/mol. The number of fused-ring (bicyclic) bond motifs is 1. The van der Waals surface area contributed by atoms with Crippen molar-refractivity contribution in [3.05, 3.63) is 54.1 Å². The number of hydrogen-bond acceptors (Lipinski definition) is 3. The van der Waals surface area contributed by atoms with E-state index in [1.807, 2.05) is 35.2 Å². The van der Waals surface area contributed by atoms with Crippen molar-refractivity contribution in [2.75, 3.05) is 16.3 Å². The van der Waals surface area contributed by atoms with Gasteiger partial charge in [0.25, 0.3) is 0 Å². The smallest absolute Gasteiger partial charge is 0.224 e. The minimum Gasteiger partial charge on any atom is -0.508 e. The Kier molecular flexibility index (Phi) is 3.75. The Hall–Kier alpha value is -2.49. The minimum atomic E-state index is 0.0734. The Morgan fingerprint density at radius 1 is 1.14 bits per heavy atom. The van der Waals surface area contributed by atoms with Crippen LogP contribution in [0.1, 0.15) is 19.4 Å². The molecule has 4 heteroatoms. The van der Waals surface area contributed by atoms with Gasteiger partial charge in [0.2, 0.25) is 5.91 Å². The summed E-state index contributed by atoms with van der Waals surface area (Å²) in [4.78, 5) is 16.1. The lowest BCUT2D eigenvalue weighted by molar-refractivity contribution is -0.117. The SMILES string of the molecule is CC(=O)N1c2ccccc2N(Cc2ccc(O)cc2)C[C@@H]1C. The highest BCUT2D eigenvalue weighted by atomic mass is 16.3. The Balaban J connectivity index is 1.94. The molecule has 22 heavy (non-hydrogen) atoms. The van der Waals surface area contributed by atoms with Crippen LogP contribution >= 0.6 is 0 Å². The molecule has 2 aromatic rings. The lowest BCUT2D eigenvalue weighted by atomic mass is 10.1. The Morgan fingerprint density at radius 3 is 2.41 bits per heavy atom. The Morgan fingerprint density at radius 2 is 1.77 bits per heavy atom. The summed E-state index contributed by atoms with van der Waals surface area (Å²) >= 11 is 0. The molecule has 1 heterocycles. The summed E-state index contributed by atoms with van der Waals surface area (Å²) in [5.41, 5.74) is 3.17. The van der Waals surface area contributed by atoms with Crippen molar-refractivity contribution >= 4 is 17.3 Å². The molecule has 1 N–H and O–H groups in total. The average Bonchev–Trinajstić information content (AvgIpc) is 2.49. The van der Waals surface area contributed by atoms with Crippen LogP contribution in [-0.4, -0.2) is 23.6 Å². The molecule has 1 aliphatic rings. The largest absolute Gasteiger partial charge is 0.508 e. The molecule has 0 radical (unpaired) electrons. The number of aromatic hydroxyl groups is 1. The first-order valence-electron chi connectivity index (χ1n) is 7.48. The molecule has 0 aromatic heterocycles. The van der Waals surface area contributed by atoms with Crippen molar-refractivity contribution in [1.29, 1.82) is 0 Å². The number of amides is 1. The molecular weight excluding hydrogens is 276 g/mol. The van der Waals surface area contributed by atoms with Crippen molar-refractivity contribution in [3.63, 3.8) is 0 Å². The first-order chi connectivity index (χ1) is 10.6. The van der Waals surface area contributed by atoms with Gasteiger partial charge in [-0.25, -0.2) is 0 Å². The van der Waals surface area contributed by atoms with E-state index in [0.29, 0.717) is 0 Å². The zero-order valence-corrected chi connectivity index (χ0v) is 12.9. The van der Waals surface area contributed by atoms with Crippen LogP contribution in [0.2, 0.25) is 0 Å². The van der Waals surface area contributed by atoms with Crippen molar-refractivity contribution in [2.45, 2.75) is 26.4 Å². The number of nitrogens with zero attached hydrogens (tertiary/aromatic N) is 2. The number of rotatable bonds is 2. The highest BCUT2D eigenvalue weighted by Gasteiger charge is 2.30. The third-order valence-electron chi connectivity index (χ3n) is 4.06. The zero-order valence-electron chi connectivity index (χ0n) is 12.9. The maximum atomic E-state index is 12.0. The number of benzene rings is 2. The summed E-state index contributed by atoms with van der Waals surface area (Å²) in [5, 5.41) is 9.40. The molecule has 0 fully saturated rings. The maximum Gasteiger partial charge on any atom is 0.224 e. The second kappa shape index (κ2) is 5.72. The van der Waals surface area contributed by atoms with Gasteiger partial charge in [-0.1, -0.05) is 24.3 Å². The van der Waals surface area contributed by atoms with Gasteiger partial charge in [-0.2, -0.15) is 0 Å². The van der Waals surface area contributed by atoms with Crippen LogP contribution in [0.25, 0.3) is 0 Å². The summed E-state index contributed by atoms with van der Waals surface area (Å²) < 4.78 is 0. The van der Waals surface area contributed by atoms with Gasteiger partial charge in [0.05, 0.1) is 17.4 Å². The molecule has 0 aliphatic carbocycles. The fourth-order valence-corrected chi connectivity index (χ4v) is 3.12. The number of para-hydroxylation sites is 2. The van der Waals surface area contributed by atoms with Gasteiger partial charge in [0.15, 0.2) is 0 Å². The van der Waals surface area contributed by atoms with Crippen LogP contribution in [0, 0.1) is 0 Å². The van der Waals surface area contributed by atoms with E-state index in [4.69, 9.17) is 0 Å². The first kappa shape index (κ1) is 14.4. The summed E-state index contributed by atoms with van der Waals surface area (Å²) in [6.07, 6.45) is 0. The van der Waals surface area contributed by atoms with Gasteiger partial charge >= 0.3 is 0 Å². The van der Waals surface area contributed by atoms with E-state index in [1.165, 1.54) is 0 Å². The van der Waals surface area contributed by atoms with Crippen LogP contribution < -0.4 is 9.80 Å². The normalized spacial score (nSPS) is 17.3. The quantitative estimate of drug-likeness (QED) is 0.926. The Labute approximate surface area is 130 Å². The number of carbonyl (C=O) groups excluding carboxylic acids is 1. The molecule has 4 nitrogen and oxygen atoms in total. The van der Waals surface area contributed by atoms with Gasteiger partial charge in [-0.15, -0.1) is 0 Å². The third kappa shape index (κ3) is 2.64. The Bertz CT molecular complexity index is 682. The van der Waals surface area contributed by atoms with Gasteiger partial charge in [-0.3, -0.25) is 4.79 Å². The highest BCUT2D eigenvalue weighted by Crippen LogP contribution is 2.36. The molecule has 0 unspecified atom stereocenters. The molecular formula is C18H20N2O2. The number of anilines is 2. The lowest BCUT2D eigenvalue weighted by Gasteiger charge is -2.41. The van der Waals surface area contributed by atoms with Crippen LogP contribution in [0.15, 0.2) is 48.5 Å². The summed E-state index contributed by atoms with van der Waals surface area (Å²) in [6.45, 7) is 5.23. The monoisotopic (exact) mass is 296 g/mol. The number of phenols is 1. The van der Waals surface area contributed by atoms with Crippen LogP contribution in [0.5, 0.6) is 5.75 Å². The summed E-state index contributed by atoms with van der Waals surface area (Å²) in [5.74, 6) is 0.350. The van der Waals surface area contributed by atoms with Crippen molar-refractivity contribution in [3.8, 4) is 5.75 Å². The zero-order chi connectivity index (χ0) is 15.7. The van der Waals surface area contributed by atoms with Crippen molar-refractivity contribution < 1.29 is 9.90 Å². The third-order valence-corrected chi connectivity index (χ3v) is 4.06. The van der Waals surface area contributed by atoms with Gasteiger partial charge in [0.1, 0.15) is 5.75 Å². The van der Waals surface area contributed by atoms with E-state index in [0.717, 1.165) is 30.0 Å². The predicted octanol–water partition coefficient (Wildman–Crippen LogP) is 3.15. The minimum absolute atomic E-state index is 0.0734. The molecule has 1 amide bonds. The topological polar surface area (TPSA) is 43.8 Å². The lowest BCUT2D eigenvalue weighted by Crippen LogP contribution is -2.49. The summed E-state index contributed by atoms with van der Waals surface area (Å²) in [7, 11) is 0. The number of hydrogen-bond donors (Lipinski definition) is 1. The van der Waals surface area contributed by atoms with E-state index >= 15 is 0 Å². The highest BCUT2D eigenvalue weighted by molar-refractivity contribution is 5.97. The molecule has 1 aliphatic heterocycles. The van der Waals surface area contributed by atoms with Crippen molar-refractivity contribution in [2.24, 2.45) is 0 Å². The van der Waals surface area contributed by atoms with Gasteiger partial charge < -0.3 is 14.9 Å². The molecule has 114 valence electrons. The van der Waals surface area contributed by atoms with E-state index in [1.54, 1.807) is 19.1 Å². The molecule has 1 atom stereocenters. The second-order valence-corrected chi connectivity index (χ2v) is 5.77. The van der Waals surface area contributed by atoms with Crippen LogP contribution in [-0.2, 0) is 11.3 Å². The van der Waals surface area contributed by atoms with E-state index in [9.17, 15) is 9.90 Å². The average molecular weight is 296 g/mol. The van der Waals surface area contributed by atoms with Crippen LogP contribution in [0.4, 0.5) is 11.4 Å². The summed E-state index contributed by atoms with van der Waals surface area (Å²) in [6, 6.07) is 15.4. The van der Waals surface area contributed by atoms with E-state index < -0.39 is 0 Å². The second-order valence-electron chi connectivity index (χ2n) is 5.77. The fraction of sp³-hybridized carbons (Fsp3) is 0.278.